The van der Waals surface area contributed by atoms with E-state index >= 15 is 0 Å². The van der Waals surface area contributed by atoms with Gasteiger partial charge >= 0.3 is 5.97 Å². The highest BCUT2D eigenvalue weighted by Gasteiger charge is 2.39. The molecule has 1 aromatic carbocycles. The third-order valence-corrected chi connectivity index (χ3v) is 5.06. The van der Waals surface area contributed by atoms with Gasteiger partial charge in [0.2, 0.25) is 0 Å². The average Bonchev–Trinajstić information content (AvgIpc) is 2.53. The van der Waals surface area contributed by atoms with Crippen molar-refractivity contribution in [1.29, 1.82) is 0 Å². The van der Waals surface area contributed by atoms with E-state index in [1.165, 1.54) is 6.92 Å². The van der Waals surface area contributed by atoms with Crippen LogP contribution in [0.15, 0.2) is 30.3 Å². The molecule has 0 spiro atoms. The minimum absolute atomic E-state index is 0.0657. The Morgan fingerprint density at radius 1 is 1.38 bits per heavy atom. The number of aliphatic hydroxyl groups excluding tert-OH is 1. The molecule has 134 valence electrons. The Labute approximate surface area is 147 Å². The van der Waals surface area contributed by atoms with Crippen molar-refractivity contribution in [3.63, 3.8) is 0 Å². The lowest BCUT2D eigenvalue weighted by Crippen LogP contribution is -2.49. The van der Waals surface area contributed by atoms with E-state index in [-0.39, 0.29) is 23.9 Å². The van der Waals surface area contributed by atoms with Crippen LogP contribution in [-0.4, -0.2) is 46.7 Å². The van der Waals surface area contributed by atoms with Gasteiger partial charge in [-0.25, -0.2) is 0 Å². The van der Waals surface area contributed by atoms with Crippen LogP contribution in [0.1, 0.15) is 32.8 Å². The van der Waals surface area contributed by atoms with Crippen LogP contribution < -0.4 is 0 Å². The molecule has 0 radical (unpaired) electrons. The lowest BCUT2D eigenvalue weighted by molar-refractivity contribution is -0.248. The standard InChI is InChI=1S/C18H26O5S/c1-12(2)24-17-9-15(20)18(23-16(17)11-21-13(3)19)22-10-14-7-5-4-6-8-14/h4-8,12,15-18,20H,9-11H2,1-3H3/t15-,16+,17+,18-/m0/s1. The second-order valence-electron chi connectivity index (χ2n) is 6.17. The lowest BCUT2D eigenvalue weighted by Gasteiger charge is -2.39. The van der Waals surface area contributed by atoms with Crippen LogP contribution in [0.3, 0.4) is 0 Å². The highest BCUT2D eigenvalue weighted by atomic mass is 32.2. The predicted octanol–water partition coefficient (Wildman–Crippen LogP) is 2.75. The molecule has 0 aliphatic carbocycles. The first-order chi connectivity index (χ1) is 11.5. The number of ether oxygens (including phenoxy) is 3. The third kappa shape index (κ3) is 6.09. The molecule has 1 heterocycles. The van der Waals surface area contributed by atoms with Crippen molar-refractivity contribution in [2.24, 2.45) is 0 Å². The molecular weight excluding hydrogens is 328 g/mol. The zero-order valence-electron chi connectivity index (χ0n) is 14.4. The van der Waals surface area contributed by atoms with Crippen molar-refractivity contribution in [2.75, 3.05) is 6.61 Å². The maximum atomic E-state index is 11.1. The molecule has 1 aromatic rings. The molecule has 0 bridgehead atoms. The van der Waals surface area contributed by atoms with Crippen LogP contribution in [0.25, 0.3) is 0 Å². The van der Waals surface area contributed by atoms with E-state index in [2.05, 4.69) is 13.8 Å². The number of carbonyl (C=O) groups excluding carboxylic acids is 1. The average molecular weight is 354 g/mol. The molecule has 1 fully saturated rings. The van der Waals surface area contributed by atoms with Gasteiger partial charge in [-0.05, 0) is 17.2 Å². The summed E-state index contributed by atoms with van der Waals surface area (Å²) >= 11 is 1.72. The highest BCUT2D eigenvalue weighted by molar-refractivity contribution is 8.00. The van der Waals surface area contributed by atoms with Crippen molar-refractivity contribution in [1.82, 2.24) is 0 Å². The van der Waals surface area contributed by atoms with Crippen molar-refractivity contribution in [3.05, 3.63) is 35.9 Å². The zero-order chi connectivity index (χ0) is 17.5. The number of carbonyl (C=O) groups is 1. The maximum Gasteiger partial charge on any atom is 0.302 e. The molecular formula is C18H26O5S. The largest absolute Gasteiger partial charge is 0.463 e. The van der Waals surface area contributed by atoms with Crippen molar-refractivity contribution < 1.29 is 24.1 Å². The topological polar surface area (TPSA) is 65.0 Å². The van der Waals surface area contributed by atoms with Gasteiger partial charge in [-0.2, -0.15) is 11.8 Å². The van der Waals surface area contributed by atoms with E-state index in [9.17, 15) is 9.90 Å². The predicted molar refractivity (Wildman–Crippen MR) is 93.7 cm³/mol. The molecule has 1 aliphatic heterocycles. The fourth-order valence-electron chi connectivity index (χ4n) is 2.59. The van der Waals surface area contributed by atoms with Crippen LogP contribution in [0.2, 0.25) is 0 Å². The van der Waals surface area contributed by atoms with E-state index in [0.717, 1.165) is 5.56 Å². The van der Waals surface area contributed by atoms with Gasteiger partial charge in [0, 0.05) is 12.2 Å². The summed E-state index contributed by atoms with van der Waals surface area (Å²) in [5.74, 6) is -0.334. The van der Waals surface area contributed by atoms with E-state index in [0.29, 0.717) is 18.3 Å². The van der Waals surface area contributed by atoms with Gasteiger partial charge in [0.15, 0.2) is 6.29 Å². The second kappa shape index (κ2) is 9.42. The summed E-state index contributed by atoms with van der Waals surface area (Å²) in [6.07, 6.45) is -1.15. The van der Waals surface area contributed by atoms with Gasteiger partial charge in [-0.1, -0.05) is 44.2 Å². The van der Waals surface area contributed by atoms with Crippen LogP contribution in [0, 0.1) is 0 Å². The molecule has 0 saturated carbocycles. The number of hydrogen-bond donors (Lipinski definition) is 1. The van der Waals surface area contributed by atoms with Crippen molar-refractivity contribution in [2.45, 2.75) is 62.8 Å². The summed E-state index contributed by atoms with van der Waals surface area (Å²) < 4.78 is 16.8. The zero-order valence-corrected chi connectivity index (χ0v) is 15.2. The van der Waals surface area contributed by atoms with Crippen LogP contribution in [0.4, 0.5) is 0 Å². The van der Waals surface area contributed by atoms with Crippen LogP contribution in [0.5, 0.6) is 0 Å². The summed E-state index contributed by atoms with van der Waals surface area (Å²) in [6.45, 7) is 6.12. The molecule has 4 atom stereocenters. The molecule has 6 heteroatoms. The summed E-state index contributed by atoms with van der Waals surface area (Å²) in [7, 11) is 0. The molecule has 1 N–H and O–H groups in total. The maximum absolute atomic E-state index is 11.1. The molecule has 1 aliphatic rings. The Morgan fingerprint density at radius 2 is 2.08 bits per heavy atom. The van der Waals surface area contributed by atoms with Gasteiger partial charge < -0.3 is 19.3 Å². The number of hydrogen-bond acceptors (Lipinski definition) is 6. The van der Waals surface area contributed by atoms with E-state index in [1.54, 1.807) is 11.8 Å². The number of aliphatic hydroxyl groups is 1. The smallest absolute Gasteiger partial charge is 0.302 e. The molecule has 1 saturated heterocycles. The fraction of sp³-hybridized carbons (Fsp3) is 0.611. The van der Waals surface area contributed by atoms with E-state index in [1.807, 2.05) is 30.3 Å². The Balaban J connectivity index is 1.95. The first-order valence-electron chi connectivity index (χ1n) is 8.23. The summed E-state index contributed by atoms with van der Waals surface area (Å²) in [4.78, 5) is 11.1. The quantitative estimate of drug-likeness (QED) is 0.760. The van der Waals surface area contributed by atoms with Crippen molar-refractivity contribution >= 4 is 17.7 Å². The van der Waals surface area contributed by atoms with Gasteiger partial charge in [-0.3, -0.25) is 4.79 Å². The molecule has 5 nitrogen and oxygen atoms in total. The fourth-order valence-corrected chi connectivity index (χ4v) is 3.92. The van der Waals surface area contributed by atoms with Gasteiger partial charge in [0.05, 0.1) is 6.61 Å². The molecule has 2 rings (SSSR count). The third-order valence-electron chi connectivity index (χ3n) is 3.67. The Morgan fingerprint density at radius 3 is 2.71 bits per heavy atom. The van der Waals surface area contributed by atoms with Gasteiger partial charge in [0.25, 0.3) is 0 Å². The summed E-state index contributed by atoms with van der Waals surface area (Å²) in [5, 5.41) is 10.8. The Bertz CT molecular complexity index is 507. The number of esters is 1. The molecule has 0 aromatic heterocycles. The van der Waals surface area contributed by atoms with Crippen LogP contribution in [-0.2, 0) is 25.6 Å². The normalized spacial score (nSPS) is 27.2. The Hall–Kier alpha value is -1.08. The molecule has 0 unspecified atom stereocenters. The Kier molecular flexibility index (Phi) is 7.55. The van der Waals surface area contributed by atoms with E-state index in [4.69, 9.17) is 14.2 Å². The minimum atomic E-state index is -0.713. The molecule has 0 amide bonds. The SMILES string of the molecule is CC(=O)OC[C@H]1O[C@H](OCc2ccccc2)[C@@H](O)C[C@H]1SC(C)C. The summed E-state index contributed by atoms with van der Waals surface area (Å²) in [5.41, 5.74) is 1.02. The van der Waals surface area contributed by atoms with Gasteiger partial charge in [-0.15, -0.1) is 0 Å². The number of thioether (sulfide) groups is 1. The lowest BCUT2D eigenvalue weighted by atomic mass is 10.1. The second-order valence-corrected chi connectivity index (χ2v) is 7.99. The monoisotopic (exact) mass is 354 g/mol. The number of benzene rings is 1. The molecule has 24 heavy (non-hydrogen) atoms. The first kappa shape index (κ1) is 19.2. The minimum Gasteiger partial charge on any atom is -0.463 e. The van der Waals surface area contributed by atoms with Gasteiger partial charge in [0.1, 0.15) is 18.8 Å². The summed E-state index contributed by atoms with van der Waals surface area (Å²) in [6, 6.07) is 9.75. The van der Waals surface area contributed by atoms with Crippen molar-refractivity contribution in [3.8, 4) is 0 Å². The van der Waals surface area contributed by atoms with E-state index < -0.39 is 12.4 Å². The first-order valence-corrected chi connectivity index (χ1v) is 9.18. The highest BCUT2D eigenvalue weighted by Crippen LogP contribution is 2.33. The number of rotatable bonds is 7. The van der Waals surface area contributed by atoms with Crippen LogP contribution >= 0.6 is 11.8 Å².